The van der Waals surface area contributed by atoms with Gasteiger partial charge in [0.15, 0.2) is 5.65 Å². The second-order valence-corrected chi connectivity index (χ2v) is 11.0. The fourth-order valence-electron chi connectivity index (χ4n) is 3.43. The molecule has 0 amide bonds. The number of aryl methyl sites for hydroxylation is 1. The van der Waals surface area contributed by atoms with Crippen LogP contribution in [-0.4, -0.2) is 55.0 Å². The van der Waals surface area contributed by atoms with Crippen molar-refractivity contribution >= 4 is 30.5 Å². The van der Waals surface area contributed by atoms with Crippen LogP contribution in [0.25, 0.3) is 11.2 Å². The van der Waals surface area contributed by atoms with Gasteiger partial charge < -0.3 is 28.7 Å². The fourth-order valence-corrected chi connectivity index (χ4v) is 5.15. The summed E-state index contributed by atoms with van der Waals surface area (Å²) in [7, 11) is -3.68. The number of hydrogen-bond donors (Lipinski definition) is 1. The van der Waals surface area contributed by atoms with Crippen LogP contribution in [0.5, 0.6) is 0 Å². The number of esters is 1. The van der Waals surface area contributed by atoms with Gasteiger partial charge in [-0.25, -0.2) is 10.1 Å². The lowest BCUT2D eigenvalue weighted by Crippen LogP contribution is -2.36. The normalized spacial score (nSPS) is 14.9. The first-order valence-corrected chi connectivity index (χ1v) is 13.5. The van der Waals surface area contributed by atoms with Crippen molar-refractivity contribution in [2.75, 3.05) is 6.35 Å². The molecular formula is C23H31N6O7P. The Bertz CT molecular complexity index is 1300. The number of fused-ring (bicyclic) bond motifs is 1. The van der Waals surface area contributed by atoms with Gasteiger partial charge in [0.25, 0.3) is 7.52 Å². The molecule has 0 radical (unpaired) electrons. The van der Waals surface area contributed by atoms with E-state index in [0.29, 0.717) is 0 Å². The van der Waals surface area contributed by atoms with Crippen LogP contribution in [0.15, 0.2) is 36.9 Å². The summed E-state index contributed by atoms with van der Waals surface area (Å²) in [5.41, 5.74) is 2.16. The molecule has 0 aliphatic heterocycles. The van der Waals surface area contributed by atoms with E-state index in [4.69, 9.17) is 14.0 Å². The van der Waals surface area contributed by atoms with Gasteiger partial charge in [0.1, 0.15) is 12.4 Å². The Morgan fingerprint density at radius 3 is 2.59 bits per heavy atom. The number of benzene rings is 1. The molecule has 0 bridgehead atoms. The molecule has 0 unspecified atom stereocenters. The van der Waals surface area contributed by atoms with Gasteiger partial charge in [-0.1, -0.05) is 24.3 Å². The summed E-state index contributed by atoms with van der Waals surface area (Å²) in [4.78, 5) is 34.7. The predicted octanol–water partition coefficient (Wildman–Crippen LogP) is 3.75. The van der Waals surface area contributed by atoms with E-state index < -0.39 is 36.4 Å². The summed E-state index contributed by atoms with van der Waals surface area (Å²) in [6.45, 7) is 8.92. The molecule has 37 heavy (non-hydrogen) atoms. The number of rotatable bonds is 13. The van der Waals surface area contributed by atoms with Gasteiger partial charge >= 0.3 is 11.8 Å². The topological polar surface area (TPSA) is 161 Å². The van der Waals surface area contributed by atoms with Crippen LogP contribution >= 0.6 is 7.52 Å². The van der Waals surface area contributed by atoms with E-state index >= 15 is 0 Å². The first kappa shape index (κ1) is 28.3. The fraction of sp³-hybridized carbons (Fsp3) is 0.478. The molecule has 3 atom stereocenters. The third-order valence-corrected chi connectivity index (χ3v) is 7.14. The maximum Gasteiger partial charge on any atom is 0.395 e. The highest BCUT2D eigenvalue weighted by atomic mass is 31.2. The summed E-state index contributed by atoms with van der Waals surface area (Å²) in [6, 6.07) is 6.63. The van der Waals surface area contributed by atoms with E-state index in [1.54, 1.807) is 32.3 Å². The Hall–Kier alpha value is -3.25. The van der Waals surface area contributed by atoms with E-state index in [2.05, 4.69) is 20.0 Å². The number of ether oxygens (including phenoxy) is 2. The van der Waals surface area contributed by atoms with Gasteiger partial charge in [-0.2, -0.15) is 4.98 Å². The standard InChI is InChI=1S/C23H31N6O7P/c1-15(2)36-23(30)18(5)27-37(33,35-11-19-9-7-6-8-16(19)3)14-34-17(4)10-28-13-26-20-21(28)24-12-25-22(20)29(31)32/h6-9,12-13,15,17-18H,10-11,14H2,1-5H3,(H,27,33)/t17-,18-,37+/m1/s1. The molecule has 200 valence electrons. The van der Waals surface area contributed by atoms with Gasteiger partial charge in [-0.3, -0.25) is 9.36 Å². The van der Waals surface area contributed by atoms with Gasteiger partial charge in [0.2, 0.25) is 11.8 Å². The first-order valence-electron chi connectivity index (χ1n) is 11.7. The molecule has 2 aromatic heterocycles. The van der Waals surface area contributed by atoms with Crippen molar-refractivity contribution in [2.24, 2.45) is 0 Å². The van der Waals surface area contributed by atoms with E-state index in [-0.39, 0.29) is 36.8 Å². The molecule has 0 saturated heterocycles. The van der Waals surface area contributed by atoms with Crippen LogP contribution in [-0.2, 0) is 36.5 Å². The van der Waals surface area contributed by atoms with E-state index in [1.165, 1.54) is 6.33 Å². The number of aromatic nitrogens is 4. The van der Waals surface area contributed by atoms with Crippen LogP contribution in [0, 0.1) is 17.0 Å². The second kappa shape index (κ2) is 12.3. The lowest BCUT2D eigenvalue weighted by atomic mass is 10.1. The van der Waals surface area contributed by atoms with E-state index in [9.17, 15) is 19.5 Å². The van der Waals surface area contributed by atoms with Crippen molar-refractivity contribution in [3.8, 4) is 0 Å². The molecule has 2 heterocycles. The number of nitrogens with zero attached hydrogens (tertiary/aromatic N) is 5. The molecule has 13 nitrogen and oxygen atoms in total. The number of imidazole rings is 1. The Labute approximate surface area is 214 Å². The zero-order valence-corrected chi connectivity index (χ0v) is 22.3. The molecule has 0 spiro atoms. The van der Waals surface area contributed by atoms with Crippen molar-refractivity contribution < 1.29 is 28.3 Å². The van der Waals surface area contributed by atoms with Gasteiger partial charge in [-0.15, -0.1) is 0 Å². The molecule has 0 aliphatic rings. The predicted molar refractivity (Wildman–Crippen MR) is 135 cm³/mol. The smallest absolute Gasteiger partial charge is 0.395 e. The highest BCUT2D eigenvalue weighted by Gasteiger charge is 2.31. The molecule has 3 rings (SSSR count). The number of hydrogen-bond acceptors (Lipinski definition) is 10. The molecule has 0 saturated carbocycles. The van der Waals surface area contributed by atoms with Crippen molar-refractivity contribution in [2.45, 2.75) is 66.0 Å². The SMILES string of the molecule is Cc1ccccc1CO[P@@](=O)(CO[C@H](C)Cn1cnc2c([N+](=O)[O-])ncnc21)N[C@H](C)C(=O)OC(C)C. The molecule has 3 aromatic rings. The largest absolute Gasteiger partial charge is 0.462 e. The second-order valence-electron chi connectivity index (χ2n) is 8.84. The maximum absolute atomic E-state index is 13.8. The summed E-state index contributed by atoms with van der Waals surface area (Å²) in [6.07, 6.45) is 1.33. The summed E-state index contributed by atoms with van der Waals surface area (Å²) >= 11 is 0. The average molecular weight is 535 g/mol. The van der Waals surface area contributed by atoms with Crippen LogP contribution in [0.3, 0.4) is 0 Å². The highest BCUT2D eigenvalue weighted by Crippen LogP contribution is 2.44. The van der Waals surface area contributed by atoms with Gasteiger partial charge in [0, 0.05) is 0 Å². The van der Waals surface area contributed by atoms with Gasteiger partial charge in [-0.05, 0) is 55.7 Å². The van der Waals surface area contributed by atoms with Gasteiger partial charge in [0.05, 0.1) is 31.7 Å². The maximum atomic E-state index is 13.8. The third-order valence-electron chi connectivity index (χ3n) is 5.32. The van der Waals surface area contributed by atoms with E-state index in [1.807, 2.05) is 31.2 Å². The minimum Gasteiger partial charge on any atom is -0.462 e. The molecule has 14 heteroatoms. The molecule has 0 fully saturated rings. The third kappa shape index (κ3) is 7.62. The quantitative estimate of drug-likeness (QED) is 0.147. The van der Waals surface area contributed by atoms with Crippen LogP contribution in [0.1, 0.15) is 38.8 Å². The van der Waals surface area contributed by atoms with Crippen LogP contribution in [0.4, 0.5) is 5.82 Å². The number of nitro groups is 1. The van der Waals surface area contributed by atoms with Crippen molar-refractivity contribution in [1.29, 1.82) is 0 Å². The molecule has 1 N–H and O–H groups in total. The zero-order chi connectivity index (χ0) is 27.2. The minimum absolute atomic E-state index is 0.0490. The van der Waals surface area contributed by atoms with Crippen LogP contribution in [0.2, 0.25) is 0 Å². The number of carbonyl (C=O) groups is 1. The summed E-state index contributed by atoms with van der Waals surface area (Å²) in [5.74, 6) is -0.952. The van der Waals surface area contributed by atoms with Crippen LogP contribution < -0.4 is 5.09 Å². The monoisotopic (exact) mass is 534 g/mol. The molecular weight excluding hydrogens is 503 g/mol. The number of nitrogens with one attached hydrogen (secondary N) is 1. The average Bonchev–Trinajstić information content (AvgIpc) is 3.24. The Morgan fingerprint density at radius 2 is 1.92 bits per heavy atom. The molecule has 1 aromatic carbocycles. The van der Waals surface area contributed by atoms with Crippen molar-refractivity contribution in [1.82, 2.24) is 24.6 Å². The Kier molecular flexibility index (Phi) is 9.44. The number of carbonyl (C=O) groups excluding carboxylic acids is 1. The lowest BCUT2D eigenvalue weighted by molar-refractivity contribution is -0.387. The summed E-state index contributed by atoms with van der Waals surface area (Å²) in [5, 5.41) is 14.0. The zero-order valence-electron chi connectivity index (χ0n) is 21.4. The van der Waals surface area contributed by atoms with Crippen molar-refractivity contribution in [3.05, 3.63) is 58.2 Å². The minimum atomic E-state index is -3.68. The molecule has 0 aliphatic carbocycles. The lowest BCUT2D eigenvalue weighted by Gasteiger charge is -2.25. The van der Waals surface area contributed by atoms with E-state index in [0.717, 1.165) is 17.5 Å². The highest BCUT2D eigenvalue weighted by molar-refractivity contribution is 7.56. The Morgan fingerprint density at radius 1 is 1.19 bits per heavy atom. The summed E-state index contributed by atoms with van der Waals surface area (Å²) < 4.78 is 32.2. The van der Waals surface area contributed by atoms with Crippen molar-refractivity contribution in [3.63, 3.8) is 0 Å². The Balaban J connectivity index is 1.72. The first-order chi connectivity index (χ1) is 17.5.